The van der Waals surface area contributed by atoms with Crippen LogP contribution in [0.5, 0.6) is 5.75 Å². The maximum Gasteiger partial charge on any atom is 0.166 e. The van der Waals surface area contributed by atoms with E-state index in [0.29, 0.717) is 0 Å². The molecule has 2 aromatic heterocycles. The molecular weight excluding hydrogens is 446 g/mol. The third-order valence-electron chi connectivity index (χ3n) is 5.70. The zero-order chi connectivity index (χ0) is 22.9. The van der Waals surface area contributed by atoms with Crippen LogP contribution in [0.4, 0.5) is 0 Å². The Balaban J connectivity index is 1.25. The SMILES string of the molecule is CCc1c(SCCCCCc2ccc(OC)cc2)ccnc1CSc1nc2ccccc2[nH]1. The molecule has 0 amide bonds. The van der Waals surface area contributed by atoms with E-state index < -0.39 is 0 Å². The monoisotopic (exact) mass is 477 g/mol. The second-order valence-corrected chi connectivity index (χ2v) is 10.0. The van der Waals surface area contributed by atoms with Crippen LogP contribution in [0.3, 0.4) is 0 Å². The van der Waals surface area contributed by atoms with E-state index >= 15 is 0 Å². The average Bonchev–Trinajstić information content (AvgIpc) is 3.28. The fourth-order valence-electron chi connectivity index (χ4n) is 3.87. The molecule has 4 nitrogen and oxygen atoms in total. The first-order valence-corrected chi connectivity index (χ1v) is 13.5. The lowest BCUT2D eigenvalue weighted by molar-refractivity contribution is 0.414. The molecule has 0 aliphatic rings. The van der Waals surface area contributed by atoms with Gasteiger partial charge >= 0.3 is 0 Å². The molecule has 0 saturated heterocycles. The van der Waals surface area contributed by atoms with Crippen molar-refractivity contribution in [2.75, 3.05) is 12.9 Å². The van der Waals surface area contributed by atoms with E-state index in [9.17, 15) is 0 Å². The van der Waals surface area contributed by atoms with Crippen LogP contribution in [0.1, 0.15) is 43.0 Å². The first-order chi connectivity index (χ1) is 16.3. The van der Waals surface area contributed by atoms with Crippen molar-refractivity contribution in [3.8, 4) is 5.75 Å². The summed E-state index contributed by atoms with van der Waals surface area (Å²) in [5.41, 5.74) is 6.04. The fraction of sp³-hybridized carbons (Fsp3) is 0.333. The summed E-state index contributed by atoms with van der Waals surface area (Å²) in [5.74, 6) is 2.91. The van der Waals surface area contributed by atoms with Gasteiger partial charge in [-0.1, -0.05) is 49.4 Å². The molecule has 0 spiro atoms. The van der Waals surface area contributed by atoms with E-state index in [0.717, 1.165) is 46.3 Å². The van der Waals surface area contributed by atoms with Gasteiger partial charge in [0.2, 0.25) is 0 Å². The lowest BCUT2D eigenvalue weighted by atomic mass is 10.1. The molecule has 4 aromatic rings. The lowest BCUT2D eigenvalue weighted by Gasteiger charge is -2.12. The van der Waals surface area contributed by atoms with Gasteiger partial charge in [0.15, 0.2) is 5.16 Å². The summed E-state index contributed by atoms with van der Waals surface area (Å²) in [5, 5.41) is 0.954. The Bertz CT molecular complexity index is 1120. The number of nitrogens with zero attached hydrogens (tertiary/aromatic N) is 2. The van der Waals surface area contributed by atoms with Gasteiger partial charge in [-0.2, -0.15) is 0 Å². The first-order valence-electron chi connectivity index (χ1n) is 11.6. The van der Waals surface area contributed by atoms with Crippen LogP contribution in [-0.2, 0) is 18.6 Å². The highest BCUT2D eigenvalue weighted by Crippen LogP contribution is 2.30. The molecule has 0 aliphatic heterocycles. The fourth-order valence-corrected chi connectivity index (χ4v) is 5.90. The predicted molar refractivity (Wildman–Crippen MR) is 141 cm³/mol. The van der Waals surface area contributed by atoms with E-state index in [1.807, 2.05) is 48.3 Å². The van der Waals surface area contributed by atoms with Crippen molar-refractivity contribution in [2.45, 2.75) is 54.8 Å². The van der Waals surface area contributed by atoms with Crippen LogP contribution in [-0.4, -0.2) is 27.8 Å². The van der Waals surface area contributed by atoms with Gasteiger partial charge in [0.1, 0.15) is 5.75 Å². The van der Waals surface area contributed by atoms with E-state index in [2.05, 4.69) is 41.2 Å². The standard InChI is InChI=1S/C27H31N3OS2/c1-3-22-25(19-33-27-29-23-10-6-7-11-24(23)30-27)28-17-16-26(22)32-18-8-4-5-9-20-12-14-21(31-2)15-13-20/h6-7,10-17H,3-5,8-9,18-19H2,1-2H3,(H,29,30). The maximum atomic E-state index is 5.23. The van der Waals surface area contributed by atoms with Gasteiger partial charge in [0.05, 0.1) is 23.8 Å². The van der Waals surface area contributed by atoms with Crippen molar-refractivity contribution in [1.29, 1.82) is 0 Å². The number of nitrogens with one attached hydrogen (secondary N) is 1. The summed E-state index contributed by atoms with van der Waals surface area (Å²) in [6.07, 6.45) is 7.80. The smallest absolute Gasteiger partial charge is 0.166 e. The number of hydrogen-bond acceptors (Lipinski definition) is 5. The number of ether oxygens (including phenoxy) is 1. The lowest BCUT2D eigenvalue weighted by Crippen LogP contribution is -1.98. The summed E-state index contributed by atoms with van der Waals surface area (Å²) in [7, 11) is 1.71. The molecule has 172 valence electrons. The zero-order valence-corrected chi connectivity index (χ0v) is 21.0. The number of imidazole rings is 1. The highest BCUT2D eigenvalue weighted by molar-refractivity contribution is 7.99. The molecule has 0 atom stereocenters. The zero-order valence-electron chi connectivity index (χ0n) is 19.3. The molecule has 4 rings (SSSR count). The molecule has 2 aromatic carbocycles. The Morgan fingerprint density at radius 1 is 0.939 bits per heavy atom. The first kappa shape index (κ1) is 23.7. The average molecular weight is 478 g/mol. The van der Waals surface area contributed by atoms with Crippen LogP contribution < -0.4 is 4.74 Å². The van der Waals surface area contributed by atoms with E-state index in [1.165, 1.54) is 41.0 Å². The minimum Gasteiger partial charge on any atom is -0.497 e. The van der Waals surface area contributed by atoms with Crippen molar-refractivity contribution in [1.82, 2.24) is 15.0 Å². The van der Waals surface area contributed by atoms with Gasteiger partial charge in [-0.3, -0.25) is 4.98 Å². The molecule has 1 N–H and O–H groups in total. The van der Waals surface area contributed by atoms with Crippen LogP contribution in [0.2, 0.25) is 0 Å². The number of thioether (sulfide) groups is 2. The van der Waals surface area contributed by atoms with Crippen molar-refractivity contribution in [3.63, 3.8) is 0 Å². The Morgan fingerprint density at radius 3 is 2.58 bits per heavy atom. The summed E-state index contributed by atoms with van der Waals surface area (Å²) in [6, 6.07) is 18.8. The molecular formula is C27H31N3OS2. The van der Waals surface area contributed by atoms with Gasteiger partial charge in [-0.05, 0) is 72.9 Å². The highest BCUT2D eigenvalue weighted by Gasteiger charge is 2.11. The van der Waals surface area contributed by atoms with Gasteiger partial charge < -0.3 is 9.72 Å². The van der Waals surface area contributed by atoms with Gasteiger partial charge in [0, 0.05) is 16.8 Å². The Labute approximate surface area is 205 Å². The highest BCUT2D eigenvalue weighted by atomic mass is 32.2. The number of aryl methyl sites for hydroxylation is 1. The molecule has 33 heavy (non-hydrogen) atoms. The largest absolute Gasteiger partial charge is 0.497 e. The maximum absolute atomic E-state index is 5.23. The molecule has 2 heterocycles. The number of benzene rings is 2. The van der Waals surface area contributed by atoms with E-state index in [1.54, 1.807) is 18.9 Å². The van der Waals surface area contributed by atoms with Crippen LogP contribution in [0.15, 0.2) is 70.8 Å². The quantitative estimate of drug-likeness (QED) is 0.171. The molecule has 0 aliphatic carbocycles. The van der Waals surface area contributed by atoms with E-state index in [-0.39, 0.29) is 0 Å². The minimum absolute atomic E-state index is 0.833. The number of hydrogen-bond donors (Lipinski definition) is 1. The number of aromatic amines is 1. The summed E-state index contributed by atoms with van der Waals surface area (Å²) < 4.78 is 5.23. The molecule has 0 unspecified atom stereocenters. The number of H-pyrrole nitrogens is 1. The second kappa shape index (κ2) is 12.1. The van der Waals surface area contributed by atoms with E-state index in [4.69, 9.17) is 9.72 Å². The summed E-state index contributed by atoms with van der Waals surface area (Å²) in [4.78, 5) is 14.2. The van der Waals surface area contributed by atoms with Crippen molar-refractivity contribution in [3.05, 3.63) is 77.6 Å². The third kappa shape index (κ3) is 6.55. The molecule has 0 radical (unpaired) electrons. The minimum atomic E-state index is 0.833. The predicted octanol–water partition coefficient (Wildman–Crippen LogP) is 7.33. The van der Waals surface area contributed by atoms with Crippen molar-refractivity contribution in [2.24, 2.45) is 0 Å². The van der Waals surface area contributed by atoms with Crippen molar-refractivity contribution >= 4 is 34.6 Å². The van der Waals surface area contributed by atoms with Crippen LogP contribution in [0, 0.1) is 0 Å². The number of fused-ring (bicyclic) bond motifs is 1. The summed E-state index contributed by atoms with van der Waals surface area (Å²) in [6.45, 7) is 2.23. The van der Waals surface area contributed by atoms with Gasteiger partial charge in [-0.15, -0.1) is 11.8 Å². The van der Waals surface area contributed by atoms with Crippen LogP contribution in [0.25, 0.3) is 11.0 Å². The Kier molecular flexibility index (Phi) is 8.72. The Hall–Kier alpha value is -2.44. The number of aromatic nitrogens is 3. The molecule has 0 saturated carbocycles. The number of para-hydroxylation sites is 2. The number of pyridine rings is 1. The normalized spacial score (nSPS) is 11.2. The van der Waals surface area contributed by atoms with Crippen LogP contribution >= 0.6 is 23.5 Å². The Morgan fingerprint density at radius 2 is 1.79 bits per heavy atom. The third-order valence-corrected chi connectivity index (χ3v) is 7.77. The van der Waals surface area contributed by atoms with Gasteiger partial charge in [0.25, 0.3) is 0 Å². The summed E-state index contributed by atoms with van der Waals surface area (Å²) >= 11 is 3.70. The number of rotatable bonds is 12. The molecule has 0 fully saturated rings. The topological polar surface area (TPSA) is 50.8 Å². The van der Waals surface area contributed by atoms with Gasteiger partial charge in [-0.25, -0.2) is 4.98 Å². The molecule has 6 heteroatoms. The number of unbranched alkanes of at least 4 members (excludes halogenated alkanes) is 2. The molecule has 0 bridgehead atoms. The second-order valence-electron chi connectivity index (χ2n) is 7.94. The number of methoxy groups -OCH3 is 1. The van der Waals surface area contributed by atoms with Crippen molar-refractivity contribution < 1.29 is 4.74 Å².